The summed E-state index contributed by atoms with van der Waals surface area (Å²) in [6, 6.07) is 0. The van der Waals surface area contributed by atoms with Gasteiger partial charge < -0.3 is 4.74 Å². The van der Waals surface area contributed by atoms with Crippen LogP contribution in [0.5, 0.6) is 0 Å². The van der Waals surface area contributed by atoms with Gasteiger partial charge in [-0.25, -0.2) is 0 Å². The summed E-state index contributed by atoms with van der Waals surface area (Å²) >= 11 is 2.46. The summed E-state index contributed by atoms with van der Waals surface area (Å²) in [4.78, 5) is 0. The van der Waals surface area contributed by atoms with Gasteiger partial charge in [0, 0.05) is 4.43 Å². The van der Waals surface area contributed by atoms with Crippen molar-refractivity contribution in [3.63, 3.8) is 0 Å². The van der Waals surface area contributed by atoms with E-state index in [0.717, 1.165) is 10.3 Å². The predicted octanol–water partition coefficient (Wildman–Crippen LogP) is 3.16. The zero-order chi connectivity index (χ0) is 8.82. The number of hydrogen-bond acceptors (Lipinski definition) is 1. The van der Waals surface area contributed by atoms with E-state index in [2.05, 4.69) is 36.4 Å². The van der Waals surface area contributed by atoms with Gasteiger partial charge >= 0.3 is 0 Å². The van der Waals surface area contributed by atoms with Crippen molar-refractivity contribution in [1.82, 2.24) is 0 Å². The average Bonchev–Trinajstić information content (AvgIpc) is 2.20. The molecule has 1 saturated carbocycles. The van der Waals surface area contributed by atoms with Gasteiger partial charge in [-0.05, 0) is 39.0 Å². The van der Waals surface area contributed by atoms with Crippen LogP contribution in [0.4, 0.5) is 0 Å². The number of alkyl halides is 1. The Morgan fingerprint density at radius 3 is 2.83 bits per heavy atom. The largest absolute Gasteiger partial charge is 0.368 e. The standard InChI is InChI=1S/C10H17IO/c1-9-5-3-4-8(6-9)10(2,7-11)12-9/h8H,3-7H2,1-2H3/t8-,9+,10?/m1/s1. The third-order valence-electron chi connectivity index (χ3n) is 3.54. The Hall–Kier alpha value is 0.690. The maximum Gasteiger partial charge on any atom is 0.0779 e. The molecule has 1 heterocycles. The summed E-state index contributed by atoms with van der Waals surface area (Å²) < 4.78 is 7.35. The molecule has 2 rings (SSSR count). The third kappa shape index (κ3) is 1.31. The topological polar surface area (TPSA) is 9.23 Å². The van der Waals surface area contributed by atoms with Crippen molar-refractivity contribution in [1.29, 1.82) is 0 Å². The lowest BCUT2D eigenvalue weighted by molar-refractivity contribution is -0.0743. The molecule has 2 heteroatoms. The molecule has 12 heavy (non-hydrogen) atoms. The van der Waals surface area contributed by atoms with Crippen molar-refractivity contribution < 1.29 is 4.74 Å². The molecule has 1 nitrogen and oxygen atoms in total. The first-order valence-corrected chi connectivity index (χ1v) is 6.37. The summed E-state index contributed by atoms with van der Waals surface area (Å²) in [6.45, 7) is 4.58. The second-order valence-electron chi connectivity index (χ2n) is 4.79. The Bertz CT molecular complexity index is 194. The van der Waals surface area contributed by atoms with Crippen LogP contribution in [0.2, 0.25) is 0 Å². The lowest BCUT2D eigenvalue weighted by atomic mass is 9.77. The Labute approximate surface area is 88.4 Å². The molecule has 70 valence electrons. The molecule has 0 spiro atoms. The molecule has 0 aromatic carbocycles. The highest BCUT2D eigenvalue weighted by Crippen LogP contribution is 2.51. The van der Waals surface area contributed by atoms with E-state index >= 15 is 0 Å². The molecule has 0 aromatic rings. The van der Waals surface area contributed by atoms with E-state index in [4.69, 9.17) is 4.74 Å². The van der Waals surface area contributed by atoms with E-state index in [1.165, 1.54) is 25.7 Å². The number of fused-ring (bicyclic) bond motifs is 2. The van der Waals surface area contributed by atoms with Gasteiger partial charge in [-0.1, -0.05) is 29.0 Å². The van der Waals surface area contributed by atoms with E-state index in [1.807, 2.05) is 0 Å². The van der Waals surface area contributed by atoms with Gasteiger partial charge in [-0.2, -0.15) is 0 Å². The van der Waals surface area contributed by atoms with Crippen LogP contribution in [0.25, 0.3) is 0 Å². The van der Waals surface area contributed by atoms with Crippen LogP contribution in [-0.2, 0) is 4.74 Å². The van der Waals surface area contributed by atoms with E-state index < -0.39 is 0 Å². The van der Waals surface area contributed by atoms with Crippen molar-refractivity contribution in [2.24, 2.45) is 5.92 Å². The normalized spacial score (nSPS) is 52.8. The van der Waals surface area contributed by atoms with Gasteiger partial charge in [-0.15, -0.1) is 0 Å². The molecule has 0 radical (unpaired) electrons. The van der Waals surface area contributed by atoms with Crippen LogP contribution < -0.4 is 0 Å². The van der Waals surface area contributed by atoms with E-state index in [0.29, 0.717) is 0 Å². The lowest BCUT2D eigenvalue weighted by Crippen LogP contribution is -2.33. The SMILES string of the molecule is CC1(CI)O[C@@]2(C)CCC[C@@H]1C2. The fourth-order valence-electron chi connectivity index (χ4n) is 2.84. The van der Waals surface area contributed by atoms with Crippen LogP contribution in [0.15, 0.2) is 0 Å². The molecule has 3 atom stereocenters. The highest BCUT2D eigenvalue weighted by Gasteiger charge is 2.52. The first-order chi connectivity index (χ1) is 5.58. The van der Waals surface area contributed by atoms with Gasteiger partial charge in [0.05, 0.1) is 11.2 Å². The van der Waals surface area contributed by atoms with Gasteiger partial charge in [0.2, 0.25) is 0 Å². The monoisotopic (exact) mass is 280 g/mol. The van der Waals surface area contributed by atoms with E-state index in [9.17, 15) is 0 Å². The summed E-state index contributed by atoms with van der Waals surface area (Å²) in [5.74, 6) is 0.827. The Morgan fingerprint density at radius 2 is 2.25 bits per heavy atom. The molecule has 2 bridgehead atoms. The van der Waals surface area contributed by atoms with Crippen molar-refractivity contribution in [3.8, 4) is 0 Å². The number of halogens is 1. The van der Waals surface area contributed by atoms with Crippen LogP contribution >= 0.6 is 22.6 Å². The van der Waals surface area contributed by atoms with Crippen molar-refractivity contribution >= 4 is 22.6 Å². The van der Waals surface area contributed by atoms with Crippen LogP contribution in [0.1, 0.15) is 39.5 Å². The zero-order valence-corrected chi connectivity index (χ0v) is 10.1. The molecule has 2 aliphatic rings. The second-order valence-corrected chi connectivity index (χ2v) is 5.55. The van der Waals surface area contributed by atoms with Gasteiger partial charge in [0.1, 0.15) is 0 Å². The fraction of sp³-hybridized carbons (Fsp3) is 1.00. The molecule has 1 saturated heterocycles. The maximum atomic E-state index is 6.20. The summed E-state index contributed by atoms with van der Waals surface area (Å²) in [5.41, 5.74) is 0.411. The fourth-order valence-corrected chi connectivity index (χ4v) is 3.62. The number of rotatable bonds is 1. The summed E-state index contributed by atoms with van der Waals surface area (Å²) in [6.07, 6.45) is 5.32. The minimum Gasteiger partial charge on any atom is -0.368 e. The Kier molecular flexibility index (Phi) is 2.19. The maximum absolute atomic E-state index is 6.20. The highest BCUT2D eigenvalue weighted by molar-refractivity contribution is 14.1. The molecule has 1 unspecified atom stereocenters. The molecular formula is C10H17IO. The van der Waals surface area contributed by atoms with Crippen LogP contribution in [0, 0.1) is 5.92 Å². The first-order valence-electron chi connectivity index (χ1n) is 4.84. The molecule has 1 aliphatic carbocycles. The lowest BCUT2D eigenvalue weighted by Gasteiger charge is -2.28. The van der Waals surface area contributed by atoms with Gasteiger partial charge in [0.15, 0.2) is 0 Å². The van der Waals surface area contributed by atoms with E-state index in [1.54, 1.807) is 0 Å². The number of hydrogen-bond donors (Lipinski definition) is 0. The van der Waals surface area contributed by atoms with Gasteiger partial charge in [0.25, 0.3) is 0 Å². The molecular weight excluding hydrogens is 263 g/mol. The van der Waals surface area contributed by atoms with Crippen LogP contribution in [-0.4, -0.2) is 15.6 Å². The minimum atomic E-state index is 0.186. The summed E-state index contributed by atoms with van der Waals surface area (Å²) in [5, 5.41) is 0. The zero-order valence-electron chi connectivity index (χ0n) is 7.90. The smallest absolute Gasteiger partial charge is 0.0779 e. The Morgan fingerprint density at radius 1 is 1.50 bits per heavy atom. The van der Waals surface area contributed by atoms with Crippen LogP contribution in [0.3, 0.4) is 0 Å². The Balaban J connectivity index is 2.22. The molecule has 1 aliphatic heterocycles. The molecule has 0 N–H and O–H groups in total. The highest BCUT2D eigenvalue weighted by atomic mass is 127. The van der Waals surface area contributed by atoms with E-state index in [-0.39, 0.29) is 11.2 Å². The molecule has 2 fully saturated rings. The molecule has 0 amide bonds. The van der Waals surface area contributed by atoms with Gasteiger partial charge in [-0.3, -0.25) is 0 Å². The quantitative estimate of drug-likeness (QED) is 0.529. The number of ether oxygens (including phenoxy) is 1. The third-order valence-corrected chi connectivity index (χ3v) is 5.06. The molecule has 0 aromatic heterocycles. The first kappa shape index (κ1) is 9.25. The minimum absolute atomic E-state index is 0.186. The average molecular weight is 280 g/mol. The van der Waals surface area contributed by atoms with Crippen molar-refractivity contribution in [2.45, 2.75) is 50.7 Å². The second kappa shape index (κ2) is 2.84. The summed E-state index contributed by atoms with van der Waals surface area (Å²) in [7, 11) is 0. The predicted molar refractivity (Wildman–Crippen MR) is 58.7 cm³/mol. The van der Waals surface area contributed by atoms with Crippen molar-refractivity contribution in [2.75, 3.05) is 4.43 Å². The van der Waals surface area contributed by atoms with Crippen molar-refractivity contribution in [3.05, 3.63) is 0 Å².